The fraction of sp³-hybridized carbons (Fsp3) is 0.462. The molecule has 0 spiro atoms. The number of nitrogens with zero attached hydrogens (tertiary/aromatic N) is 2. The first-order valence-corrected chi connectivity index (χ1v) is 6.64. The van der Waals surface area contributed by atoms with E-state index in [9.17, 15) is 9.59 Å². The summed E-state index contributed by atoms with van der Waals surface area (Å²) in [6.07, 6.45) is 1.84. The maximum Gasteiger partial charge on any atom is 0.241 e. The summed E-state index contributed by atoms with van der Waals surface area (Å²) in [7, 11) is 0. The Kier molecular flexibility index (Phi) is 3.27. The predicted octanol–water partition coefficient (Wildman–Crippen LogP) is 2.77. The Balaban J connectivity index is 2.38. The van der Waals surface area contributed by atoms with Gasteiger partial charge in [-0.15, -0.1) is 0 Å². The first-order valence-electron chi connectivity index (χ1n) is 5.85. The minimum atomic E-state index is -0.619. The lowest BCUT2D eigenvalue weighted by Crippen LogP contribution is -2.37. The molecule has 1 fully saturated rings. The summed E-state index contributed by atoms with van der Waals surface area (Å²) in [5.74, 6) is 0.190. The average Bonchev–Trinajstić information content (AvgIpc) is 2.53. The maximum atomic E-state index is 12.4. The third kappa shape index (κ3) is 1.96. The molecule has 2 heterocycles. The molecule has 0 N–H and O–H groups in total. The van der Waals surface area contributed by atoms with Crippen LogP contribution < -0.4 is 4.90 Å². The number of pyridine rings is 1. The van der Waals surface area contributed by atoms with Gasteiger partial charge in [0.05, 0.1) is 5.41 Å². The topological polar surface area (TPSA) is 50.3 Å². The van der Waals surface area contributed by atoms with Crippen molar-refractivity contribution in [3.8, 4) is 0 Å². The van der Waals surface area contributed by atoms with Crippen LogP contribution in [0.4, 0.5) is 5.82 Å². The summed E-state index contributed by atoms with van der Waals surface area (Å²) in [6, 6.07) is 3.44. The summed E-state index contributed by atoms with van der Waals surface area (Å²) >= 11 is 3.28. The Bertz CT molecular complexity index is 498. The van der Waals surface area contributed by atoms with Crippen molar-refractivity contribution in [1.82, 2.24) is 4.98 Å². The van der Waals surface area contributed by atoms with Crippen LogP contribution in [0.3, 0.4) is 0 Å². The standard InChI is InChI=1S/C13H15BrN2O2/c1-8(2)13(3)6-11(17)16(12(13)18)10-5-4-9(14)7-15-10/h4-5,7-8H,6H2,1-3H3. The van der Waals surface area contributed by atoms with Crippen LogP contribution in [0.1, 0.15) is 27.2 Å². The quantitative estimate of drug-likeness (QED) is 0.789. The van der Waals surface area contributed by atoms with Crippen LogP contribution in [0.25, 0.3) is 0 Å². The molecule has 5 heteroatoms. The molecule has 1 aromatic heterocycles. The van der Waals surface area contributed by atoms with Crippen molar-refractivity contribution in [1.29, 1.82) is 0 Å². The van der Waals surface area contributed by atoms with E-state index in [1.807, 2.05) is 20.8 Å². The SMILES string of the molecule is CC(C)C1(C)CC(=O)N(c2ccc(Br)cn2)C1=O. The number of rotatable bonds is 2. The van der Waals surface area contributed by atoms with E-state index >= 15 is 0 Å². The number of aromatic nitrogens is 1. The number of carbonyl (C=O) groups is 2. The highest BCUT2D eigenvalue weighted by molar-refractivity contribution is 9.10. The van der Waals surface area contributed by atoms with Crippen LogP contribution in [0.2, 0.25) is 0 Å². The van der Waals surface area contributed by atoms with Gasteiger partial charge in [-0.05, 0) is 40.9 Å². The highest BCUT2D eigenvalue weighted by atomic mass is 79.9. The van der Waals surface area contributed by atoms with E-state index in [2.05, 4.69) is 20.9 Å². The normalized spacial score (nSPS) is 24.2. The second-order valence-corrected chi connectivity index (χ2v) is 6.03. The third-order valence-electron chi connectivity index (χ3n) is 3.67. The monoisotopic (exact) mass is 310 g/mol. The maximum absolute atomic E-state index is 12.4. The molecule has 18 heavy (non-hydrogen) atoms. The smallest absolute Gasteiger partial charge is 0.241 e. The van der Waals surface area contributed by atoms with E-state index in [4.69, 9.17) is 0 Å². The number of amides is 2. The van der Waals surface area contributed by atoms with Gasteiger partial charge >= 0.3 is 0 Å². The van der Waals surface area contributed by atoms with Gasteiger partial charge in [0, 0.05) is 17.1 Å². The molecule has 0 saturated carbocycles. The van der Waals surface area contributed by atoms with E-state index in [-0.39, 0.29) is 24.2 Å². The molecule has 1 aliphatic rings. The van der Waals surface area contributed by atoms with Gasteiger partial charge < -0.3 is 0 Å². The molecule has 0 aliphatic carbocycles. The molecule has 2 rings (SSSR count). The average molecular weight is 311 g/mol. The van der Waals surface area contributed by atoms with E-state index in [1.165, 1.54) is 4.90 Å². The number of imide groups is 1. The van der Waals surface area contributed by atoms with Crippen molar-refractivity contribution in [3.63, 3.8) is 0 Å². The Labute approximate surface area is 115 Å². The molecule has 0 radical (unpaired) electrons. The lowest BCUT2D eigenvalue weighted by atomic mass is 9.78. The zero-order chi connectivity index (χ0) is 13.5. The number of carbonyl (C=O) groups excluding carboxylic acids is 2. The van der Waals surface area contributed by atoms with Gasteiger partial charge in [-0.1, -0.05) is 13.8 Å². The molecule has 1 aromatic rings. The largest absolute Gasteiger partial charge is 0.274 e. The predicted molar refractivity (Wildman–Crippen MR) is 72.0 cm³/mol. The number of halogens is 1. The Morgan fingerprint density at radius 2 is 2.06 bits per heavy atom. The van der Waals surface area contributed by atoms with Crippen LogP contribution in [-0.4, -0.2) is 16.8 Å². The molecule has 1 atom stereocenters. The summed E-state index contributed by atoms with van der Waals surface area (Å²) in [5.41, 5.74) is -0.619. The third-order valence-corrected chi connectivity index (χ3v) is 4.14. The van der Waals surface area contributed by atoms with Crippen LogP contribution in [0.15, 0.2) is 22.8 Å². The minimum Gasteiger partial charge on any atom is -0.274 e. The molecular formula is C13H15BrN2O2. The Hall–Kier alpha value is -1.23. The number of anilines is 1. The summed E-state index contributed by atoms with van der Waals surface area (Å²) < 4.78 is 0.817. The highest BCUT2D eigenvalue weighted by Gasteiger charge is 2.50. The van der Waals surface area contributed by atoms with Gasteiger partial charge in [-0.25, -0.2) is 9.88 Å². The summed E-state index contributed by atoms with van der Waals surface area (Å²) in [4.78, 5) is 29.8. The van der Waals surface area contributed by atoms with Crippen molar-refractivity contribution in [2.45, 2.75) is 27.2 Å². The van der Waals surface area contributed by atoms with Gasteiger partial charge in [0.25, 0.3) is 0 Å². The molecule has 0 aromatic carbocycles. The molecular weight excluding hydrogens is 296 g/mol. The number of hydrogen-bond donors (Lipinski definition) is 0. The van der Waals surface area contributed by atoms with Gasteiger partial charge in [0.1, 0.15) is 5.82 Å². The Morgan fingerprint density at radius 1 is 1.39 bits per heavy atom. The van der Waals surface area contributed by atoms with Crippen molar-refractivity contribution < 1.29 is 9.59 Å². The second-order valence-electron chi connectivity index (χ2n) is 5.12. The van der Waals surface area contributed by atoms with E-state index < -0.39 is 5.41 Å². The first kappa shape index (κ1) is 13.2. The molecule has 0 bridgehead atoms. The van der Waals surface area contributed by atoms with Gasteiger partial charge in [-0.3, -0.25) is 9.59 Å². The molecule has 4 nitrogen and oxygen atoms in total. The molecule has 1 unspecified atom stereocenters. The second kappa shape index (κ2) is 4.46. The zero-order valence-electron chi connectivity index (χ0n) is 10.6. The molecule has 96 valence electrons. The van der Waals surface area contributed by atoms with Crippen molar-refractivity contribution in [2.24, 2.45) is 11.3 Å². The van der Waals surface area contributed by atoms with Crippen LogP contribution in [-0.2, 0) is 9.59 Å². The summed E-state index contributed by atoms with van der Waals surface area (Å²) in [5, 5.41) is 0. The fourth-order valence-electron chi connectivity index (χ4n) is 2.02. The minimum absolute atomic E-state index is 0.120. The van der Waals surface area contributed by atoms with Gasteiger partial charge in [-0.2, -0.15) is 0 Å². The van der Waals surface area contributed by atoms with E-state index in [0.717, 1.165) is 4.47 Å². The van der Waals surface area contributed by atoms with E-state index in [0.29, 0.717) is 5.82 Å². The molecule has 1 saturated heterocycles. The van der Waals surface area contributed by atoms with Crippen molar-refractivity contribution in [2.75, 3.05) is 4.90 Å². The zero-order valence-corrected chi connectivity index (χ0v) is 12.2. The highest BCUT2D eigenvalue weighted by Crippen LogP contribution is 2.40. The van der Waals surface area contributed by atoms with Crippen LogP contribution in [0, 0.1) is 11.3 Å². The van der Waals surface area contributed by atoms with Gasteiger partial charge in [0.15, 0.2) is 0 Å². The van der Waals surface area contributed by atoms with Crippen LogP contribution in [0.5, 0.6) is 0 Å². The molecule has 1 aliphatic heterocycles. The van der Waals surface area contributed by atoms with Crippen molar-refractivity contribution in [3.05, 3.63) is 22.8 Å². The van der Waals surface area contributed by atoms with E-state index in [1.54, 1.807) is 18.3 Å². The lowest BCUT2D eigenvalue weighted by Gasteiger charge is -2.25. The first-order chi connectivity index (χ1) is 8.36. The summed E-state index contributed by atoms with van der Waals surface area (Å²) in [6.45, 7) is 5.77. The van der Waals surface area contributed by atoms with Gasteiger partial charge in [0.2, 0.25) is 11.8 Å². The number of hydrogen-bond acceptors (Lipinski definition) is 3. The lowest BCUT2D eigenvalue weighted by molar-refractivity contribution is -0.126. The Morgan fingerprint density at radius 3 is 2.50 bits per heavy atom. The van der Waals surface area contributed by atoms with Crippen molar-refractivity contribution >= 4 is 33.6 Å². The molecule has 2 amide bonds. The fourth-order valence-corrected chi connectivity index (χ4v) is 2.26. The van der Waals surface area contributed by atoms with Crippen LogP contribution >= 0.6 is 15.9 Å².